The van der Waals surface area contributed by atoms with Crippen molar-refractivity contribution in [3.63, 3.8) is 0 Å². The van der Waals surface area contributed by atoms with Crippen molar-refractivity contribution in [3.05, 3.63) is 136 Å². The molecule has 0 fully saturated rings. The molecule has 210 valence electrons. The van der Waals surface area contributed by atoms with Crippen LogP contribution >= 0.6 is 0 Å². The van der Waals surface area contributed by atoms with Gasteiger partial charge in [-0.05, 0) is 85.8 Å². The Morgan fingerprint density at radius 1 is 0.902 bits per heavy atom. The quantitative estimate of drug-likeness (QED) is 0.190. The Balaban J connectivity index is 1.38. The molecule has 5 aromatic rings. The number of nitrogens with one attached hydrogen (secondary N) is 2. The lowest BCUT2D eigenvalue weighted by Crippen LogP contribution is -2.37. The first-order valence-corrected chi connectivity index (χ1v) is 14.0. The maximum absolute atomic E-state index is 13.4. The summed E-state index contributed by atoms with van der Waals surface area (Å²) in [6, 6.07) is 27.7. The van der Waals surface area contributed by atoms with Gasteiger partial charge in [-0.2, -0.15) is 0 Å². The van der Waals surface area contributed by atoms with Crippen LogP contribution in [-0.2, 0) is 11.2 Å². The van der Waals surface area contributed by atoms with Crippen molar-refractivity contribution < 1.29 is 14.3 Å². The van der Waals surface area contributed by atoms with Crippen LogP contribution in [-0.4, -0.2) is 28.1 Å². The first-order chi connectivity index (χ1) is 19.7. The summed E-state index contributed by atoms with van der Waals surface area (Å²) in [5, 5.41) is 17.9. The van der Waals surface area contributed by atoms with Crippen LogP contribution in [0.1, 0.15) is 65.1 Å². The first kappa shape index (κ1) is 28.3. The summed E-state index contributed by atoms with van der Waals surface area (Å²) in [6.45, 7) is 8.08. The van der Waals surface area contributed by atoms with Gasteiger partial charge in [0.1, 0.15) is 11.3 Å². The molecule has 41 heavy (non-hydrogen) atoms. The van der Waals surface area contributed by atoms with Crippen molar-refractivity contribution in [1.82, 2.24) is 15.6 Å². The Morgan fingerprint density at radius 3 is 2.34 bits per heavy atom. The number of hydrogen-bond acceptors (Lipinski definition) is 5. The highest BCUT2D eigenvalue weighted by atomic mass is 16.3. The molecule has 6 nitrogen and oxygen atoms in total. The third-order valence-corrected chi connectivity index (χ3v) is 7.20. The molecule has 0 spiro atoms. The predicted octanol–water partition coefficient (Wildman–Crippen LogP) is 6.34. The second-order valence-electron chi connectivity index (χ2n) is 11.4. The third-order valence-electron chi connectivity index (χ3n) is 7.20. The monoisotopic (exact) mass is 547 g/mol. The number of furan rings is 1. The van der Waals surface area contributed by atoms with E-state index < -0.39 is 5.60 Å². The summed E-state index contributed by atoms with van der Waals surface area (Å²) < 4.78 is 6.25. The van der Waals surface area contributed by atoms with E-state index in [1.165, 1.54) is 5.56 Å². The minimum Gasteiger partial charge on any atom is -0.459 e. The molecule has 6 heteroatoms. The van der Waals surface area contributed by atoms with Crippen LogP contribution in [0.4, 0.5) is 0 Å². The number of nitrogens with zero attached hydrogens (tertiary/aromatic N) is 1. The number of carbonyl (C=O) groups excluding carboxylic acids is 1. The number of carbonyl (C=O) groups is 1. The van der Waals surface area contributed by atoms with Gasteiger partial charge in [0.15, 0.2) is 0 Å². The Morgan fingerprint density at radius 2 is 1.63 bits per heavy atom. The van der Waals surface area contributed by atoms with Gasteiger partial charge < -0.3 is 20.2 Å². The number of aromatic nitrogens is 1. The normalized spacial score (nSPS) is 13.2. The molecule has 3 aromatic carbocycles. The highest BCUT2D eigenvalue weighted by Crippen LogP contribution is 2.30. The predicted molar refractivity (Wildman–Crippen MR) is 163 cm³/mol. The van der Waals surface area contributed by atoms with E-state index in [-0.39, 0.29) is 24.4 Å². The fourth-order valence-corrected chi connectivity index (χ4v) is 5.19. The Labute approximate surface area is 241 Å². The number of rotatable bonds is 10. The van der Waals surface area contributed by atoms with Gasteiger partial charge in [-0.15, -0.1) is 0 Å². The fraction of sp³-hybridized carbons (Fsp3) is 0.257. The summed E-state index contributed by atoms with van der Waals surface area (Å²) >= 11 is 0. The highest BCUT2D eigenvalue weighted by molar-refractivity contribution is 5.83. The smallest absolute Gasteiger partial charge is 0.225 e. The number of benzene rings is 3. The minimum atomic E-state index is -0.882. The number of hydrogen-bond donors (Lipinski definition) is 3. The van der Waals surface area contributed by atoms with Gasteiger partial charge in [0.25, 0.3) is 0 Å². The second-order valence-corrected chi connectivity index (χ2v) is 11.4. The highest BCUT2D eigenvalue weighted by Gasteiger charge is 2.23. The van der Waals surface area contributed by atoms with Gasteiger partial charge >= 0.3 is 0 Å². The Hall–Kier alpha value is -4.26. The maximum atomic E-state index is 13.4. The fourth-order valence-electron chi connectivity index (χ4n) is 5.19. The van der Waals surface area contributed by atoms with E-state index in [1.54, 1.807) is 26.2 Å². The maximum Gasteiger partial charge on any atom is 0.225 e. The lowest BCUT2D eigenvalue weighted by atomic mass is 9.93. The molecule has 0 radical (unpaired) electrons. The number of amides is 1. The average Bonchev–Trinajstić information content (AvgIpc) is 3.36. The van der Waals surface area contributed by atoms with Crippen molar-refractivity contribution in [2.24, 2.45) is 0 Å². The van der Waals surface area contributed by atoms with E-state index >= 15 is 0 Å². The van der Waals surface area contributed by atoms with Crippen LogP contribution < -0.4 is 10.6 Å². The van der Waals surface area contributed by atoms with E-state index in [1.807, 2.05) is 54.6 Å². The zero-order chi connectivity index (χ0) is 29.0. The van der Waals surface area contributed by atoms with Gasteiger partial charge in [0, 0.05) is 24.3 Å². The van der Waals surface area contributed by atoms with Crippen molar-refractivity contribution in [2.75, 3.05) is 6.54 Å². The van der Waals surface area contributed by atoms with Crippen molar-refractivity contribution in [2.45, 2.75) is 51.8 Å². The molecule has 2 atom stereocenters. The zero-order valence-corrected chi connectivity index (χ0v) is 24.0. The molecule has 5 rings (SSSR count). The largest absolute Gasteiger partial charge is 0.459 e. The molecule has 0 saturated heterocycles. The number of pyridine rings is 1. The van der Waals surface area contributed by atoms with Crippen LogP contribution in [0.25, 0.3) is 11.0 Å². The molecular formula is C35H37N3O3. The van der Waals surface area contributed by atoms with E-state index in [0.717, 1.165) is 44.5 Å². The van der Waals surface area contributed by atoms with Crippen LogP contribution in [0, 0.1) is 13.8 Å². The Bertz CT molecular complexity index is 1620. The standard InChI is InChI=1S/C35H37N3O3/c1-23-10-12-29(24(2)18-23)33(26-8-6-5-7-9-26)38-32(39)20-25-11-13-30-28(19-25)21-31(41-30)34(37-22-35(3,4)40)27-14-16-36-17-15-27/h5-19,21,33-34,37,40H,20,22H2,1-4H3,(H,38,39). The summed E-state index contributed by atoms with van der Waals surface area (Å²) in [5.74, 6) is 0.680. The first-order valence-electron chi connectivity index (χ1n) is 14.0. The van der Waals surface area contributed by atoms with Crippen LogP contribution in [0.2, 0.25) is 0 Å². The molecule has 2 heterocycles. The topological polar surface area (TPSA) is 87.4 Å². The number of aliphatic hydroxyl groups is 1. The SMILES string of the molecule is Cc1ccc(C(NC(=O)Cc2ccc3oc(C(NCC(C)(C)O)c4ccncc4)cc3c2)c2ccccc2)c(C)c1. The van der Waals surface area contributed by atoms with Crippen molar-refractivity contribution in [1.29, 1.82) is 0 Å². The van der Waals surface area contributed by atoms with E-state index in [4.69, 9.17) is 4.42 Å². The third kappa shape index (κ3) is 7.09. The van der Waals surface area contributed by atoms with Gasteiger partial charge in [-0.3, -0.25) is 9.78 Å². The average molecular weight is 548 g/mol. The van der Waals surface area contributed by atoms with Gasteiger partial charge in [0.05, 0.1) is 24.1 Å². The summed E-state index contributed by atoms with van der Waals surface area (Å²) in [7, 11) is 0. The van der Waals surface area contributed by atoms with E-state index in [0.29, 0.717) is 6.54 Å². The Kier molecular flexibility index (Phi) is 8.34. The second kappa shape index (κ2) is 12.1. The van der Waals surface area contributed by atoms with Crippen LogP contribution in [0.3, 0.4) is 0 Å². The van der Waals surface area contributed by atoms with E-state index in [9.17, 15) is 9.90 Å². The van der Waals surface area contributed by atoms with Crippen LogP contribution in [0.15, 0.2) is 102 Å². The number of aryl methyl sites for hydroxylation is 2. The molecule has 2 unspecified atom stereocenters. The molecule has 0 bridgehead atoms. The molecular weight excluding hydrogens is 510 g/mol. The lowest BCUT2D eigenvalue weighted by Gasteiger charge is -2.23. The van der Waals surface area contributed by atoms with Gasteiger partial charge in [-0.1, -0.05) is 60.2 Å². The van der Waals surface area contributed by atoms with Gasteiger partial charge in [0.2, 0.25) is 5.91 Å². The lowest BCUT2D eigenvalue weighted by molar-refractivity contribution is -0.120. The summed E-state index contributed by atoms with van der Waals surface area (Å²) in [4.78, 5) is 17.5. The van der Waals surface area contributed by atoms with Crippen molar-refractivity contribution >= 4 is 16.9 Å². The zero-order valence-electron chi connectivity index (χ0n) is 24.0. The molecule has 0 saturated carbocycles. The summed E-state index contributed by atoms with van der Waals surface area (Å²) in [5.41, 5.74) is 6.22. The van der Waals surface area contributed by atoms with Crippen LogP contribution in [0.5, 0.6) is 0 Å². The molecule has 0 aliphatic heterocycles. The number of fused-ring (bicyclic) bond motifs is 1. The minimum absolute atomic E-state index is 0.0524. The molecule has 2 aromatic heterocycles. The molecule has 0 aliphatic rings. The van der Waals surface area contributed by atoms with Gasteiger partial charge in [-0.25, -0.2) is 0 Å². The summed E-state index contributed by atoms with van der Waals surface area (Å²) in [6.07, 6.45) is 3.73. The van der Waals surface area contributed by atoms with E-state index in [2.05, 4.69) is 59.8 Å². The molecule has 3 N–H and O–H groups in total. The molecule has 1 amide bonds. The van der Waals surface area contributed by atoms with Crippen molar-refractivity contribution in [3.8, 4) is 0 Å². The molecule has 0 aliphatic carbocycles.